The molecular weight excluding hydrogens is 703 g/mol. The average molecular weight is 740 g/mol. The van der Waals surface area contributed by atoms with Gasteiger partial charge in [-0.05, 0) is 98.8 Å². The monoisotopic (exact) mass is 739 g/mol. The molecule has 11 rings (SSSR count). The van der Waals surface area contributed by atoms with Crippen molar-refractivity contribution in [2.24, 2.45) is 0 Å². The molecule has 2 heterocycles. The van der Waals surface area contributed by atoms with E-state index in [2.05, 4.69) is 228 Å². The molecule has 9 aromatic carbocycles. The highest BCUT2D eigenvalue weighted by Gasteiger charge is 2.18. The van der Waals surface area contributed by atoms with Crippen molar-refractivity contribution in [3.8, 4) is 67.3 Å². The second-order valence-corrected chi connectivity index (χ2v) is 14.8. The molecule has 0 fully saturated rings. The molecule has 0 saturated carbocycles. The molecule has 0 spiro atoms. The Hall–Kier alpha value is -7.75. The van der Waals surface area contributed by atoms with Gasteiger partial charge in [-0.15, -0.1) is 0 Å². The van der Waals surface area contributed by atoms with Gasteiger partial charge in [-0.25, -0.2) is 4.68 Å². The van der Waals surface area contributed by atoms with Gasteiger partial charge in [0.05, 0.1) is 28.1 Å². The van der Waals surface area contributed by atoms with Gasteiger partial charge in [0, 0.05) is 27.6 Å². The lowest BCUT2D eigenvalue weighted by Gasteiger charge is -2.16. The van der Waals surface area contributed by atoms with E-state index in [1.807, 2.05) is 6.07 Å². The number of hydrogen-bond acceptors (Lipinski definition) is 1. The number of hydrogen-bond donors (Lipinski definition) is 0. The Balaban J connectivity index is 0.997. The number of benzene rings is 9. The van der Waals surface area contributed by atoms with Gasteiger partial charge in [-0.2, -0.15) is 5.10 Å². The maximum Gasteiger partial charge on any atom is 0.0934 e. The van der Waals surface area contributed by atoms with Crippen LogP contribution in [0, 0.1) is 0 Å². The maximum absolute atomic E-state index is 5.19. The van der Waals surface area contributed by atoms with Gasteiger partial charge in [0.25, 0.3) is 0 Å². The van der Waals surface area contributed by atoms with E-state index in [0.717, 1.165) is 39.5 Å². The summed E-state index contributed by atoms with van der Waals surface area (Å²) in [6.07, 6.45) is 0. The molecule has 0 saturated heterocycles. The van der Waals surface area contributed by atoms with Gasteiger partial charge in [0.2, 0.25) is 0 Å². The minimum Gasteiger partial charge on any atom is -0.309 e. The Bertz CT molecular complexity index is 3260. The summed E-state index contributed by atoms with van der Waals surface area (Å²) in [6, 6.07) is 80.5. The van der Waals surface area contributed by atoms with Crippen LogP contribution in [0.25, 0.3) is 99.8 Å². The largest absolute Gasteiger partial charge is 0.309 e. The van der Waals surface area contributed by atoms with Crippen LogP contribution >= 0.6 is 0 Å². The first-order chi connectivity index (χ1) is 28.8. The van der Waals surface area contributed by atoms with Crippen molar-refractivity contribution < 1.29 is 0 Å². The summed E-state index contributed by atoms with van der Waals surface area (Å²) in [6.45, 7) is 0. The zero-order valence-corrected chi connectivity index (χ0v) is 31.7. The zero-order valence-electron chi connectivity index (χ0n) is 31.7. The summed E-state index contributed by atoms with van der Waals surface area (Å²) in [7, 11) is 0. The molecule has 0 unspecified atom stereocenters. The van der Waals surface area contributed by atoms with Crippen LogP contribution in [0.3, 0.4) is 0 Å². The van der Waals surface area contributed by atoms with Crippen LogP contribution in [0.15, 0.2) is 224 Å². The molecule has 272 valence electrons. The summed E-state index contributed by atoms with van der Waals surface area (Å²) >= 11 is 0. The van der Waals surface area contributed by atoms with E-state index in [-0.39, 0.29) is 0 Å². The third-order valence-electron chi connectivity index (χ3n) is 11.4. The highest BCUT2D eigenvalue weighted by atomic mass is 15.3. The van der Waals surface area contributed by atoms with Gasteiger partial charge in [-0.3, -0.25) is 0 Å². The highest BCUT2D eigenvalue weighted by molar-refractivity contribution is 6.11. The van der Waals surface area contributed by atoms with Crippen molar-refractivity contribution in [2.75, 3.05) is 0 Å². The molecule has 0 aliphatic rings. The minimum absolute atomic E-state index is 0.942. The molecule has 0 N–H and O–H groups in total. The number of para-hydroxylation sites is 2. The molecular formula is C55H37N3. The van der Waals surface area contributed by atoms with Crippen molar-refractivity contribution in [2.45, 2.75) is 0 Å². The van der Waals surface area contributed by atoms with E-state index < -0.39 is 0 Å². The summed E-state index contributed by atoms with van der Waals surface area (Å²) in [5.41, 5.74) is 15.9. The fraction of sp³-hybridized carbons (Fsp3) is 0. The van der Waals surface area contributed by atoms with E-state index >= 15 is 0 Å². The number of rotatable bonds is 7. The first-order valence-electron chi connectivity index (χ1n) is 19.8. The number of nitrogens with zero attached hydrogens (tertiary/aromatic N) is 3. The summed E-state index contributed by atoms with van der Waals surface area (Å²) < 4.78 is 4.46. The predicted molar refractivity (Wildman–Crippen MR) is 243 cm³/mol. The molecule has 2 aromatic heterocycles. The van der Waals surface area contributed by atoms with E-state index in [9.17, 15) is 0 Å². The Kier molecular flexibility index (Phi) is 8.15. The van der Waals surface area contributed by atoms with Gasteiger partial charge < -0.3 is 4.57 Å². The molecule has 58 heavy (non-hydrogen) atoms. The molecule has 0 aliphatic heterocycles. The van der Waals surface area contributed by atoms with Crippen LogP contribution in [-0.2, 0) is 0 Å². The van der Waals surface area contributed by atoms with Gasteiger partial charge >= 0.3 is 0 Å². The molecule has 0 amide bonds. The molecule has 11 aromatic rings. The molecule has 3 nitrogen and oxygen atoms in total. The fourth-order valence-electron chi connectivity index (χ4n) is 8.60. The Morgan fingerprint density at radius 1 is 0.310 bits per heavy atom. The van der Waals surface area contributed by atoms with Crippen LogP contribution in [0.2, 0.25) is 0 Å². The van der Waals surface area contributed by atoms with E-state index in [1.165, 1.54) is 60.4 Å². The maximum atomic E-state index is 5.19. The van der Waals surface area contributed by atoms with Crippen molar-refractivity contribution in [1.82, 2.24) is 14.3 Å². The highest BCUT2D eigenvalue weighted by Crippen LogP contribution is 2.41. The molecule has 0 atom stereocenters. The molecule has 0 aliphatic carbocycles. The van der Waals surface area contributed by atoms with Crippen LogP contribution in [0.1, 0.15) is 0 Å². The Morgan fingerprint density at radius 2 is 0.879 bits per heavy atom. The topological polar surface area (TPSA) is 22.8 Å². The first-order valence-corrected chi connectivity index (χ1v) is 19.8. The lowest BCUT2D eigenvalue weighted by molar-refractivity contribution is 0.892. The lowest BCUT2D eigenvalue weighted by Crippen LogP contribution is -1.99. The standard InChI is InChI=1S/C55H37N3/c1-3-16-40(17-4-1)52-37-55(43-28-27-38-15-7-8-18-41(38)35-43)58(56-52)45-32-29-39(30-33-45)46-21-9-11-23-48(46)49-24-12-10-22-47(49)42-31-34-54-51(36-42)50-25-13-14-26-53(50)57(54)44-19-5-2-6-20-44/h1-37H. The second-order valence-electron chi connectivity index (χ2n) is 14.8. The number of aromatic nitrogens is 3. The van der Waals surface area contributed by atoms with Crippen LogP contribution in [0.5, 0.6) is 0 Å². The van der Waals surface area contributed by atoms with Crippen molar-refractivity contribution >= 4 is 32.6 Å². The van der Waals surface area contributed by atoms with Gasteiger partial charge in [-0.1, -0.05) is 170 Å². The summed E-state index contributed by atoms with van der Waals surface area (Å²) in [5, 5.41) is 10.1. The summed E-state index contributed by atoms with van der Waals surface area (Å²) in [4.78, 5) is 0. The quantitative estimate of drug-likeness (QED) is 0.160. The Morgan fingerprint density at radius 3 is 1.64 bits per heavy atom. The third kappa shape index (κ3) is 5.80. The summed E-state index contributed by atoms with van der Waals surface area (Å²) in [5.74, 6) is 0. The minimum atomic E-state index is 0.942. The third-order valence-corrected chi connectivity index (χ3v) is 11.4. The van der Waals surface area contributed by atoms with Gasteiger partial charge in [0.15, 0.2) is 0 Å². The SMILES string of the molecule is c1ccc(-c2cc(-c3ccc4ccccc4c3)n(-c3ccc(-c4ccccc4-c4ccccc4-c4ccc5c(c4)c4ccccc4n5-c4ccccc4)cc3)n2)cc1. The Labute approximate surface area is 337 Å². The smallest absolute Gasteiger partial charge is 0.0934 e. The zero-order chi connectivity index (χ0) is 38.4. The van der Waals surface area contributed by atoms with Crippen LogP contribution < -0.4 is 0 Å². The second kappa shape index (κ2) is 14.1. The lowest BCUT2D eigenvalue weighted by atomic mass is 9.89. The van der Waals surface area contributed by atoms with Crippen molar-refractivity contribution in [3.05, 3.63) is 224 Å². The number of fused-ring (bicyclic) bond motifs is 4. The fourth-order valence-corrected chi connectivity index (χ4v) is 8.60. The van der Waals surface area contributed by atoms with Crippen molar-refractivity contribution in [1.29, 1.82) is 0 Å². The van der Waals surface area contributed by atoms with Crippen LogP contribution in [0.4, 0.5) is 0 Å². The first kappa shape index (κ1) is 33.6. The van der Waals surface area contributed by atoms with E-state index in [4.69, 9.17) is 5.10 Å². The van der Waals surface area contributed by atoms with E-state index in [1.54, 1.807) is 0 Å². The molecule has 3 heteroatoms. The van der Waals surface area contributed by atoms with Crippen molar-refractivity contribution in [3.63, 3.8) is 0 Å². The van der Waals surface area contributed by atoms with Gasteiger partial charge in [0.1, 0.15) is 0 Å². The van der Waals surface area contributed by atoms with E-state index in [0.29, 0.717) is 0 Å². The normalized spacial score (nSPS) is 11.4. The molecule has 0 radical (unpaired) electrons. The van der Waals surface area contributed by atoms with Crippen LogP contribution in [-0.4, -0.2) is 14.3 Å². The molecule has 0 bridgehead atoms. The average Bonchev–Trinajstić information content (AvgIpc) is 3.90. The predicted octanol–water partition coefficient (Wildman–Crippen LogP) is 14.5.